The van der Waals surface area contributed by atoms with E-state index in [0.717, 1.165) is 12.1 Å². The molecule has 0 aromatic heterocycles. The van der Waals surface area contributed by atoms with Gasteiger partial charge in [0.15, 0.2) is 15.6 Å². The minimum absolute atomic E-state index is 0. The van der Waals surface area contributed by atoms with Gasteiger partial charge in [-0.1, -0.05) is 35.3 Å². The van der Waals surface area contributed by atoms with Gasteiger partial charge in [-0.2, -0.15) is 13.2 Å². The van der Waals surface area contributed by atoms with E-state index in [-0.39, 0.29) is 46.2 Å². The second kappa shape index (κ2) is 12.4. The zero-order valence-electron chi connectivity index (χ0n) is 20.6. The Morgan fingerprint density at radius 1 is 0.923 bits per heavy atom. The number of benzene rings is 3. The first-order valence-electron chi connectivity index (χ1n) is 11.3. The van der Waals surface area contributed by atoms with Crippen LogP contribution in [0.2, 0.25) is 10.0 Å². The van der Waals surface area contributed by atoms with Crippen molar-refractivity contribution in [2.75, 3.05) is 6.61 Å². The molecule has 0 N–H and O–H groups in total. The van der Waals surface area contributed by atoms with Gasteiger partial charge in [0.25, 0.3) is 0 Å². The summed E-state index contributed by atoms with van der Waals surface area (Å²) in [6.07, 6.45) is -2.68. The second-order valence-electron chi connectivity index (χ2n) is 8.66. The summed E-state index contributed by atoms with van der Waals surface area (Å²) in [4.78, 5) is 10.9. The van der Waals surface area contributed by atoms with E-state index in [2.05, 4.69) is 0 Å². The van der Waals surface area contributed by atoms with Gasteiger partial charge in [-0.3, -0.25) is 0 Å². The molecular weight excluding hydrogens is 575 g/mol. The average molecular weight is 595 g/mol. The number of hydrogen-bond acceptors (Lipinski definition) is 6. The summed E-state index contributed by atoms with van der Waals surface area (Å²) < 4.78 is 75.7. The molecule has 0 radical (unpaired) electrons. The van der Waals surface area contributed by atoms with Crippen LogP contribution in [0, 0.1) is 0 Å². The molecule has 6 nitrogen and oxygen atoms in total. The SMILES string of the molecule is O=C([O-])COc1ccc(S(=O)(=O)Cc2cc(Cl)c(OCc3ccc(C(F)(F)F)cc3)c(Cl)c2)c2c1CCC2.[Li+]. The summed E-state index contributed by atoms with van der Waals surface area (Å²) in [7, 11) is -3.84. The van der Waals surface area contributed by atoms with E-state index >= 15 is 0 Å². The number of carbonyl (C=O) groups excluding carboxylic acids is 1. The molecule has 3 aromatic carbocycles. The first kappa shape index (κ1) is 31.2. The van der Waals surface area contributed by atoms with Crippen LogP contribution in [0.1, 0.15) is 34.2 Å². The number of alkyl halides is 3. The van der Waals surface area contributed by atoms with E-state index < -0.39 is 39.9 Å². The van der Waals surface area contributed by atoms with Crippen LogP contribution in [-0.2, 0) is 46.0 Å². The van der Waals surface area contributed by atoms with Gasteiger partial charge in [-0.25, -0.2) is 8.42 Å². The molecule has 4 rings (SSSR count). The van der Waals surface area contributed by atoms with Gasteiger partial charge in [0, 0.05) is 0 Å². The van der Waals surface area contributed by atoms with Crippen molar-refractivity contribution >= 4 is 39.0 Å². The van der Waals surface area contributed by atoms with Gasteiger partial charge in [0.05, 0.1) is 32.2 Å². The number of rotatable bonds is 9. The molecule has 0 amide bonds. The minimum atomic E-state index is -4.45. The Morgan fingerprint density at radius 3 is 2.13 bits per heavy atom. The van der Waals surface area contributed by atoms with Gasteiger partial charge in [-0.05, 0) is 77.9 Å². The maximum Gasteiger partial charge on any atom is 1.00 e. The molecule has 1 aliphatic carbocycles. The summed E-state index contributed by atoms with van der Waals surface area (Å²) in [5.74, 6) is -1.39. The van der Waals surface area contributed by atoms with Crippen molar-refractivity contribution in [1.29, 1.82) is 0 Å². The van der Waals surface area contributed by atoms with Crippen LogP contribution >= 0.6 is 23.2 Å². The molecule has 0 heterocycles. The number of fused-ring (bicyclic) bond motifs is 1. The van der Waals surface area contributed by atoms with E-state index in [0.29, 0.717) is 47.3 Å². The standard InChI is InChI=1S/C26H21Cl2F3O6S.Li/c27-20-10-16(11-21(28)25(20)37-12-15-4-6-17(7-5-15)26(29,30)31)14-38(34,35)23-9-8-22(36-13-24(32)33)18-2-1-3-19(18)23;/h4-11H,1-3,12-14H2,(H,32,33);/q;+1/p-1. The molecule has 13 heteroatoms. The maximum absolute atomic E-state index is 13.3. The van der Waals surface area contributed by atoms with Crippen LogP contribution in [0.3, 0.4) is 0 Å². The van der Waals surface area contributed by atoms with Crippen LogP contribution in [0.15, 0.2) is 53.4 Å². The zero-order valence-corrected chi connectivity index (χ0v) is 22.9. The number of ether oxygens (including phenoxy) is 2. The number of carbonyl (C=O) groups is 1. The molecule has 0 atom stereocenters. The third kappa shape index (κ3) is 7.44. The third-order valence-electron chi connectivity index (χ3n) is 5.96. The predicted molar refractivity (Wildman–Crippen MR) is 132 cm³/mol. The third-order valence-corrected chi connectivity index (χ3v) is 8.29. The fourth-order valence-corrected chi connectivity index (χ4v) is 6.56. The van der Waals surface area contributed by atoms with Gasteiger partial charge in [-0.15, -0.1) is 0 Å². The molecule has 0 spiro atoms. The predicted octanol–water partition coefficient (Wildman–Crippen LogP) is 2.19. The van der Waals surface area contributed by atoms with Gasteiger partial charge >= 0.3 is 25.0 Å². The molecule has 0 fully saturated rings. The monoisotopic (exact) mass is 594 g/mol. The number of carboxylic acids is 1. The van der Waals surface area contributed by atoms with Crippen molar-refractivity contribution in [3.05, 3.63) is 86.4 Å². The first-order valence-corrected chi connectivity index (χ1v) is 13.7. The zero-order chi connectivity index (χ0) is 27.7. The van der Waals surface area contributed by atoms with E-state index in [1.165, 1.54) is 36.4 Å². The first-order chi connectivity index (χ1) is 17.8. The van der Waals surface area contributed by atoms with Crippen LogP contribution in [0.5, 0.6) is 11.5 Å². The summed E-state index contributed by atoms with van der Waals surface area (Å²) in [5.41, 5.74) is 1.24. The number of carboxylic acid groups (broad SMARTS) is 1. The molecule has 1 aliphatic rings. The second-order valence-corrected chi connectivity index (χ2v) is 11.4. The smallest absolute Gasteiger partial charge is 0.546 e. The quantitative estimate of drug-likeness (QED) is 0.353. The maximum atomic E-state index is 13.3. The Balaban J connectivity index is 0.00000420. The molecule has 0 aliphatic heterocycles. The Labute approximate surface area is 245 Å². The van der Waals surface area contributed by atoms with E-state index in [1.807, 2.05) is 0 Å². The molecule has 0 unspecified atom stereocenters. The number of aliphatic carboxylic acids is 1. The molecule has 0 bridgehead atoms. The number of sulfone groups is 1. The number of halogens is 5. The Kier molecular flexibility index (Phi) is 9.95. The number of hydrogen-bond donors (Lipinski definition) is 0. The normalized spacial score (nSPS) is 12.9. The fourth-order valence-electron chi connectivity index (χ4n) is 4.28. The Morgan fingerprint density at radius 2 is 1.54 bits per heavy atom. The molecule has 3 aromatic rings. The van der Waals surface area contributed by atoms with Crippen molar-refractivity contribution in [1.82, 2.24) is 0 Å². The van der Waals surface area contributed by atoms with Crippen molar-refractivity contribution < 1.29 is 59.8 Å². The van der Waals surface area contributed by atoms with Crippen LogP contribution in [0.4, 0.5) is 13.2 Å². The van der Waals surface area contributed by atoms with Crippen molar-refractivity contribution in [3.8, 4) is 11.5 Å². The summed E-state index contributed by atoms with van der Waals surface area (Å²) >= 11 is 12.6. The van der Waals surface area contributed by atoms with E-state index in [4.69, 9.17) is 32.7 Å². The van der Waals surface area contributed by atoms with Crippen molar-refractivity contribution in [3.63, 3.8) is 0 Å². The summed E-state index contributed by atoms with van der Waals surface area (Å²) in [6.45, 7) is -0.740. The molecule has 0 saturated heterocycles. The summed E-state index contributed by atoms with van der Waals surface area (Å²) in [5, 5.41) is 10.8. The molecule has 39 heavy (non-hydrogen) atoms. The fraction of sp³-hybridized carbons (Fsp3) is 0.269. The minimum Gasteiger partial charge on any atom is -0.546 e. The van der Waals surface area contributed by atoms with Gasteiger partial charge in [0.2, 0.25) is 0 Å². The topological polar surface area (TPSA) is 92.7 Å². The van der Waals surface area contributed by atoms with Crippen LogP contribution < -0.4 is 33.4 Å². The van der Waals surface area contributed by atoms with Crippen molar-refractivity contribution in [2.24, 2.45) is 0 Å². The van der Waals surface area contributed by atoms with Gasteiger partial charge < -0.3 is 19.4 Å². The Bertz CT molecular complexity index is 1460. The van der Waals surface area contributed by atoms with Crippen molar-refractivity contribution in [2.45, 2.75) is 42.7 Å². The van der Waals surface area contributed by atoms with Crippen LogP contribution in [-0.4, -0.2) is 21.0 Å². The Hall–Kier alpha value is -2.35. The molecular formula is C26H20Cl2F3LiO6S. The van der Waals surface area contributed by atoms with Crippen LogP contribution in [0.25, 0.3) is 0 Å². The largest absolute Gasteiger partial charge is 1.00 e. The average Bonchev–Trinajstić information content (AvgIpc) is 3.31. The van der Waals surface area contributed by atoms with E-state index in [1.54, 1.807) is 0 Å². The molecule has 202 valence electrons. The molecule has 0 saturated carbocycles. The summed E-state index contributed by atoms with van der Waals surface area (Å²) in [6, 6.07) is 10.1. The van der Waals surface area contributed by atoms with E-state index in [9.17, 15) is 31.5 Å². The van der Waals surface area contributed by atoms with Gasteiger partial charge in [0.1, 0.15) is 19.0 Å².